The van der Waals surface area contributed by atoms with Gasteiger partial charge in [0.05, 0.1) is 23.5 Å². The van der Waals surface area contributed by atoms with E-state index in [1.807, 2.05) is 0 Å². The van der Waals surface area contributed by atoms with Gasteiger partial charge in [0.25, 0.3) is 29.2 Å². The molecule has 2 fully saturated rings. The number of benzene rings is 2. The summed E-state index contributed by atoms with van der Waals surface area (Å²) in [5.41, 5.74) is 3.10. The van der Waals surface area contributed by atoms with Gasteiger partial charge in [-0.2, -0.15) is 0 Å². The zero-order chi connectivity index (χ0) is 49.5. The molecule has 1 atom stereocenters. The number of aromatic nitrogens is 2. The van der Waals surface area contributed by atoms with Crippen molar-refractivity contribution in [1.82, 2.24) is 35.7 Å². The minimum Gasteiger partial charge on any atom is -0.444 e. The molecule has 4 aliphatic rings. The summed E-state index contributed by atoms with van der Waals surface area (Å²) in [7, 11) is -2.09. The third-order valence-electron chi connectivity index (χ3n) is 12.4. The topological polar surface area (TPSA) is 264 Å². The second-order valence-electron chi connectivity index (χ2n) is 19.1. The van der Waals surface area contributed by atoms with Crippen LogP contribution in [0.15, 0.2) is 41.3 Å². The maximum Gasteiger partial charge on any atom is 0.407 e. The summed E-state index contributed by atoms with van der Waals surface area (Å²) in [4.78, 5) is 111. The van der Waals surface area contributed by atoms with E-state index >= 15 is 0 Å². The van der Waals surface area contributed by atoms with Gasteiger partial charge in [-0.25, -0.2) is 13.2 Å². The van der Waals surface area contributed by atoms with Gasteiger partial charge in [-0.05, 0) is 88.1 Å². The molecular formula is C48H56N8O12S. The Kier molecular flexibility index (Phi) is 13.6. The number of carbonyl (C=O) groups excluding carboxylic acids is 7. The smallest absolute Gasteiger partial charge is 0.407 e. The van der Waals surface area contributed by atoms with Crippen molar-refractivity contribution in [2.75, 3.05) is 50.5 Å². The van der Waals surface area contributed by atoms with Crippen LogP contribution in [-0.2, 0) is 54.7 Å². The lowest BCUT2D eigenvalue weighted by atomic mass is 9.95. The zero-order valence-corrected chi connectivity index (χ0v) is 40.0. The van der Waals surface area contributed by atoms with E-state index in [0.717, 1.165) is 24.0 Å². The Balaban J connectivity index is 0.969. The van der Waals surface area contributed by atoms with Crippen molar-refractivity contribution in [3.63, 3.8) is 0 Å². The lowest BCUT2D eigenvalue weighted by Crippen LogP contribution is -2.54. The van der Waals surface area contributed by atoms with Crippen molar-refractivity contribution in [2.45, 2.75) is 83.2 Å². The van der Waals surface area contributed by atoms with Gasteiger partial charge in [-0.3, -0.25) is 43.8 Å². The third-order valence-corrected chi connectivity index (χ3v) is 13.2. The van der Waals surface area contributed by atoms with Crippen molar-refractivity contribution >= 4 is 68.0 Å². The number of alkyl carbamates (subject to hydrolysis) is 1. The highest BCUT2D eigenvalue weighted by Crippen LogP contribution is 2.45. The standard InChI is InChI=1S/C48H56N8O12S/c1-48(2,3)68-47(64)51-16-15-49-43(60)39-33-24-55(22-26-11-12-26)35-21-30(28(25-69(5,65)66)20-31(35)32-23-54(4)46(63)40(53-39)38(32)33)41(58)50-17-19-67-18-7-9-27-8-6-10-29-37(27)45(62)56(44(29)61)34-13-14-36(57)52-42(34)59/h6,8,10,20-21,23,26,34,53H,7,9,11-19,22,24-25H2,1-5H3,(H,49,60)(H,50,58)(H,51,64)(H,52,57,59). The van der Waals surface area contributed by atoms with Gasteiger partial charge >= 0.3 is 6.09 Å². The number of nitrogens with zero attached hydrogens (tertiary/aromatic N) is 3. The van der Waals surface area contributed by atoms with Gasteiger partial charge in [0.2, 0.25) is 11.8 Å². The van der Waals surface area contributed by atoms with E-state index in [1.54, 1.807) is 58.3 Å². The van der Waals surface area contributed by atoms with Crippen molar-refractivity contribution in [3.8, 4) is 11.1 Å². The van der Waals surface area contributed by atoms with Crippen LogP contribution < -0.4 is 31.7 Å². The van der Waals surface area contributed by atoms with Gasteiger partial charge in [0.15, 0.2) is 9.84 Å². The molecule has 1 saturated carbocycles. The molecule has 2 aromatic heterocycles. The summed E-state index contributed by atoms with van der Waals surface area (Å²) in [6, 6.07) is 7.26. The number of hydrogen-bond acceptors (Lipinski definition) is 13. The number of ether oxygens (including phenoxy) is 2. The number of aryl methyl sites for hydroxylation is 2. The Morgan fingerprint density at radius 1 is 0.870 bits per heavy atom. The van der Waals surface area contributed by atoms with Gasteiger partial charge < -0.3 is 39.9 Å². The number of fused-ring (bicyclic) bond motifs is 3. The first-order chi connectivity index (χ1) is 32.7. The molecule has 5 heterocycles. The molecule has 1 unspecified atom stereocenters. The van der Waals surface area contributed by atoms with E-state index in [2.05, 4.69) is 31.2 Å². The van der Waals surface area contributed by atoms with Crippen LogP contribution in [0.5, 0.6) is 0 Å². The Morgan fingerprint density at radius 2 is 1.61 bits per heavy atom. The number of carbonyl (C=O) groups is 7. The number of anilines is 1. The van der Waals surface area contributed by atoms with Gasteiger partial charge in [0.1, 0.15) is 22.9 Å². The summed E-state index contributed by atoms with van der Waals surface area (Å²) >= 11 is 0. The number of rotatable bonds is 17. The average molecular weight is 969 g/mol. The van der Waals surface area contributed by atoms with Crippen LogP contribution in [0.25, 0.3) is 22.0 Å². The third kappa shape index (κ3) is 10.6. The summed E-state index contributed by atoms with van der Waals surface area (Å²) in [5.74, 6) is -3.44. The minimum absolute atomic E-state index is 0.0180. The van der Waals surface area contributed by atoms with Crippen LogP contribution in [0.1, 0.15) is 111 Å². The van der Waals surface area contributed by atoms with Crippen LogP contribution in [-0.4, -0.2) is 122 Å². The fraction of sp³-hybridized carbons (Fsp3) is 0.458. The van der Waals surface area contributed by atoms with E-state index in [9.17, 15) is 46.8 Å². The molecule has 20 nitrogen and oxygen atoms in total. The number of amides is 7. The van der Waals surface area contributed by atoms with Crippen LogP contribution in [0.2, 0.25) is 0 Å². The molecule has 3 aliphatic heterocycles. The number of nitrogens with one attached hydrogen (secondary N) is 5. The normalized spacial score (nSPS) is 16.8. The Bertz CT molecular complexity index is 2980. The van der Waals surface area contributed by atoms with Crippen LogP contribution in [0, 0.1) is 5.92 Å². The van der Waals surface area contributed by atoms with Crippen molar-refractivity contribution in [2.24, 2.45) is 13.0 Å². The first kappa shape index (κ1) is 48.6. The van der Waals surface area contributed by atoms with Crippen molar-refractivity contribution in [3.05, 3.63) is 86.0 Å². The predicted octanol–water partition coefficient (Wildman–Crippen LogP) is 2.84. The highest BCUT2D eigenvalue weighted by molar-refractivity contribution is 7.89. The molecule has 1 saturated heterocycles. The highest BCUT2D eigenvalue weighted by Gasteiger charge is 2.45. The monoisotopic (exact) mass is 968 g/mol. The summed E-state index contributed by atoms with van der Waals surface area (Å²) < 4.78 is 38.4. The number of imide groups is 2. The quantitative estimate of drug-likeness (QED) is 0.0754. The Morgan fingerprint density at radius 3 is 2.32 bits per heavy atom. The van der Waals surface area contributed by atoms with E-state index in [-0.39, 0.29) is 91.3 Å². The maximum absolute atomic E-state index is 14.1. The Hall–Kier alpha value is -6.87. The number of pyridine rings is 1. The first-order valence-electron chi connectivity index (χ1n) is 23.0. The second-order valence-corrected chi connectivity index (χ2v) is 21.2. The molecular weight excluding hydrogens is 913 g/mol. The molecule has 7 amide bonds. The number of sulfone groups is 1. The summed E-state index contributed by atoms with van der Waals surface area (Å²) in [5, 5.41) is 11.0. The molecule has 1 aliphatic carbocycles. The second kappa shape index (κ2) is 19.3. The summed E-state index contributed by atoms with van der Waals surface area (Å²) in [6.45, 7) is 6.56. The fourth-order valence-corrected chi connectivity index (χ4v) is 9.96. The van der Waals surface area contributed by atoms with Gasteiger partial charge in [-0.15, -0.1) is 0 Å². The number of piperidine rings is 1. The van der Waals surface area contributed by atoms with E-state index < -0.39 is 68.8 Å². The molecule has 2 aromatic carbocycles. The molecule has 366 valence electrons. The van der Waals surface area contributed by atoms with Gasteiger partial charge in [-0.1, -0.05) is 12.1 Å². The molecule has 8 rings (SSSR count). The SMILES string of the molecule is Cn1cc2c3c(c(C(=O)NCCNC(=O)OC(C)(C)C)[nH]c3c1=O)CN(CC1CC1)c1cc(C(=O)NCCOCCCc3cccc4c3C(=O)N(C3CCC(=O)NC3=O)C4=O)c(CS(C)(=O)=O)cc1-2. The molecule has 21 heteroatoms. The molecule has 0 radical (unpaired) electrons. The molecule has 0 bridgehead atoms. The fourth-order valence-electron chi connectivity index (χ4n) is 9.16. The zero-order valence-electron chi connectivity index (χ0n) is 39.2. The van der Waals surface area contributed by atoms with Crippen LogP contribution in [0.3, 0.4) is 0 Å². The number of hydrogen-bond donors (Lipinski definition) is 5. The largest absolute Gasteiger partial charge is 0.444 e. The molecule has 0 spiro atoms. The summed E-state index contributed by atoms with van der Waals surface area (Å²) in [6.07, 6.45) is 4.98. The highest BCUT2D eigenvalue weighted by atomic mass is 32.2. The lowest BCUT2D eigenvalue weighted by Gasteiger charge is -2.27. The molecule has 5 N–H and O–H groups in total. The number of H-pyrrole nitrogens is 1. The van der Waals surface area contributed by atoms with E-state index in [4.69, 9.17) is 9.47 Å². The Labute approximate surface area is 397 Å². The average Bonchev–Trinajstić information content (AvgIpc) is 3.98. The first-order valence-corrected chi connectivity index (χ1v) is 25.0. The van der Waals surface area contributed by atoms with E-state index in [0.29, 0.717) is 58.6 Å². The van der Waals surface area contributed by atoms with Crippen LogP contribution in [0.4, 0.5) is 10.5 Å². The molecule has 4 aromatic rings. The van der Waals surface area contributed by atoms with E-state index in [1.165, 1.54) is 10.6 Å². The molecule has 69 heavy (non-hydrogen) atoms. The maximum atomic E-state index is 14.1. The van der Waals surface area contributed by atoms with Crippen molar-refractivity contribution < 1.29 is 51.5 Å². The lowest BCUT2D eigenvalue weighted by molar-refractivity contribution is -0.136. The van der Waals surface area contributed by atoms with Gasteiger partial charge in [0, 0.05) is 98.6 Å². The van der Waals surface area contributed by atoms with Crippen LogP contribution >= 0.6 is 0 Å². The minimum atomic E-state index is -3.67. The van der Waals surface area contributed by atoms with Crippen molar-refractivity contribution in [1.29, 1.82) is 0 Å². The number of aromatic amines is 1. The predicted molar refractivity (Wildman–Crippen MR) is 252 cm³/mol.